The summed E-state index contributed by atoms with van der Waals surface area (Å²) in [5.74, 6) is 0.827. The van der Waals surface area contributed by atoms with Gasteiger partial charge in [0.15, 0.2) is 0 Å². The van der Waals surface area contributed by atoms with E-state index in [1.807, 2.05) is 12.1 Å². The minimum atomic E-state index is 0.738. The minimum Gasteiger partial charge on any atom is -0.369 e. The number of hydrogen-bond acceptors (Lipinski definition) is 3. The van der Waals surface area contributed by atoms with Crippen molar-refractivity contribution in [1.82, 2.24) is 10.2 Å². The van der Waals surface area contributed by atoms with Gasteiger partial charge in [-0.3, -0.25) is 4.90 Å². The van der Waals surface area contributed by atoms with Crippen molar-refractivity contribution in [1.29, 1.82) is 0 Å². The first-order valence-electron chi connectivity index (χ1n) is 7.73. The number of hydrogen-bond donors (Lipinski definition) is 1. The Morgan fingerprint density at radius 1 is 1.20 bits per heavy atom. The standard InChI is InChI=1S/C16H24ClN3/c1-2-13-11-18-12-16(13)20-8-6-19(7-9-20)15-5-3-4-14(17)10-15/h3-5,10,13,16,18H,2,6-9,11-12H2,1H3. The smallest absolute Gasteiger partial charge is 0.0426 e. The third-order valence-electron chi connectivity index (χ3n) is 4.79. The predicted molar refractivity (Wildman–Crippen MR) is 85.7 cm³/mol. The molecular weight excluding hydrogens is 270 g/mol. The maximum absolute atomic E-state index is 6.09. The van der Waals surface area contributed by atoms with Crippen molar-refractivity contribution in [3.05, 3.63) is 29.3 Å². The molecule has 20 heavy (non-hydrogen) atoms. The van der Waals surface area contributed by atoms with E-state index in [9.17, 15) is 0 Å². The van der Waals surface area contributed by atoms with Gasteiger partial charge in [-0.25, -0.2) is 0 Å². The fourth-order valence-corrected chi connectivity index (χ4v) is 3.73. The monoisotopic (exact) mass is 293 g/mol. The average molecular weight is 294 g/mol. The predicted octanol–water partition coefficient (Wildman–Crippen LogP) is 2.46. The lowest BCUT2D eigenvalue weighted by Gasteiger charge is -2.40. The molecule has 1 aromatic carbocycles. The number of piperazine rings is 1. The first-order valence-corrected chi connectivity index (χ1v) is 8.11. The van der Waals surface area contributed by atoms with E-state index in [4.69, 9.17) is 11.6 Å². The van der Waals surface area contributed by atoms with Crippen LogP contribution in [0.2, 0.25) is 5.02 Å². The van der Waals surface area contributed by atoms with Crippen LogP contribution in [0.25, 0.3) is 0 Å². The van der Waals surface area contributed by atoms with Gasteiger partial charge in [-0.05, 0) is 30.7 Å². The van der Waals surface area contributed by atoms with Crippen molar-refractivity contribution in [3.63, 3.8) is 0 Å². The number of nitrogens with one attached hydrogen (secondary N) is 1. The highest BCUT2D eigenvalue weighted by Crippen LogP contribution is 2.24. The van der Waals surface area contributed by atoms with E-state index in [1.54, 1.807) is 0 Å². The fraction of sp³-hybridized carbons (Fsp3) is 0.625. The van der Waals surface area contributed by atoms with E-state index in [2.05, 4.69) is 34.2 Å². The Morgan fingerprint density at radius 2 is 2.00 bits per heavy atom. The van der Waals surface area contributed by atoms with Crippen LogP contribution in [0.5, 0.6) is 0 Å². The van der Waals surface area contributed by atoms with Gasteiger partial charge in [-0.2, -0.15) is 0 Å². The third-order valence-corrected chi connectivity index (χ3v) is 5.02. The summed E-state index contributed by atoms with van der Waals surface area (Å²) in [5, 5.41) is 4.38. The molecule has 1 aromatic rings. The zero-order chi connectivity index (χ0) is 13.9. The summed E-state index contributed by atoms with van der Waals surface area (Å²) < 4.78 is 0. The molecule has 0 aromatic heterocycles. The van der Waals surface area contributed by atoms with Gasteiger partial charge in [0.1, 0.15) is 0 Å². The van der Waals surface area contributed by atoms with Crippen LogP contribution in [0.15, 0.2) is 24.3 Å². The number of nitrogens with zero attached hydrogens (tertiary/aromatic N) is 2. The van der Waals surface area contributed by atoms with Crippen LogP contribution in [0.4, 0.5) is 5.69 Å². The second-order valence-corrected chi connectivity index (χ2v) is 6.33. The number of halogens is 1. The Hall–Kier alpha value is -0.770. The fourth-order valence-electron chi connectivity index (χ4n) is 3.55. The van der Waals surface area contributed by atoms with Gasteiger partial charge >= 0.3 is 0 Å². The Morgan fingerprint density at radius 3 is 2.70 bits per heavy atom. The van der Waals surface area contributed by atoms with Gasteiger partial charge in [0.05, 0.1) is 0 Å². The lowest BCUT2D eigenvalue weighted by Crippen LogP contribution is -2.52. The minimum absolute atomic E-state index is 0.738. The summed E-state index contributed by atoms with van der Waals surface area (Å²) in [4.78, 5) is 5.13. The van der Waals surface area contributed by atoms with Crippen LogP contribution in [-0.4, -0.2) is 50.2 Å². The summed E-state index contributed by atoms with van der Waals surface area (Å²) in [7, 11) is 0. The molecule has 0 spiro atoms. The zero-order valence-corrected chi connectivity index (χ0v) is 12.9. The molecule has 0 radical (unpaired) electrons. The van der Waals surface area contributed by atoms with Gasteiger partial charge in [0, 0.05) is 49.5 Å². The molecule has 2 unspecified atom stereocenters. The van der Waals surface area contributed by atoms with Crippen molar-refractivity contribution in [2.45, 2.75) is 19.4 Å². The quantitative estimate of drug-likeness (QED) is 0.924. The largest absolute Gasteiger partial charge is 0.369 e. The molecule has 1 N–H and O–H groups in total. The summed E-state index contributed by atoms with van der Waals surface area (Å²) >= 11 is 6.09. The van der Waals surface area contributed by atoms with E-state index in [1.165, 1.54) is 18.7 Å². The van der Waals surface area contributed by atoms with Crippen LogP contribution in [0.1, 0.15) is 13.3 Å². The van der Waals surface area contributed by atoms with E-state index >= 15 is 0 Å². The van der Waals surface area contributed by atoms with Gasteiger partial charge < -0.3 is 10.2 Å². The Balaban J connectivity index is 1.59. The van der Waals surface area contributed by atoms with Gasteiger partial charge in [-0.1, -0.05) is 31.0 Å². The van der Waals surface area contributed by atoms with Crippen molar-refractivity contribution in [2.24, 2.45) is 5.92 Å². The summed E-state index contributed by atoms with van der Waals surface area (Å²) in [6, 6.07) is 8.95. The zero-order valence-electron chi connectivity index (χ0n) is 12.2. The molecule has 2 heterocycles. The van der Waals surface area contributed by atoms with Crippen LogP contribution < -0.4 is 10.2 Å². The third kappa shape index (κ3) is 2.95. The van der Waals surface area contributed by atoms with Crippen molar-refractivity contribution >= 4 is 17.3 Å². The Kier molecular flexibility index (Phi) is 4.49. The second-order valence-electron chi connectivity index (χ2n) is 5.90. The van der Waals surface area contributed by atoms with E-state index < -0.39 is 0 Å². The highest BCUT2D eigenvalue weighted by Gasteiger charge is 2.32. The molecule has 3 nitrogen and oxygen atoms in total. The van der Waals surface area contributed by atoms with Crippen molar-refractivity contribution in [2.75, 3.05) is 44.2 Å². The molecular formula is C16H24ClN3. The molecule has 2 saturated heterocycles. The van der Waals surface area contributed by atoms with Crippen molar-refractivity contribution in [3.8, 4) is 0 Å². The first kappa shape index (κ1) is 14.2. The van der Waals surface area contributed by atoms with Gasteiger partial charge in [-0.15, -0.1) is 0 Å². The van der Waals surface area contributed by atoms with E-state index in [-0.39, 0.29) is 0 Å². The summed E-state index contributed by atoms with van der Waals surface area (Å²) in [6.45, 7) is 9.20. The molecule has 0 amide bonds. The summed E-state index contributed by atoms with van der Waals surface area (Å²) in [6.07, 6.45) is 1.28. The van der Waals surface area contributed by atoms with Crippen LogP contribution >= 0.6 is 11.6 Å². The average Bonchev–Trinajstić information content (AvgIpc) is 2.96. The maximum atomic E-state index is 6.09. The van der Waals surface area contributed by atoms with Crippen LogP contribution in [0, 0.1) is 5.92 Å². The molecule has 2 aliphatic heterocycles. The SMILES string of the molecule is CCC1CNCC1N1CCN(c2cccc(Cl)c2)CC1. The molecule has 0 bridgehead atoms. The Bertz CT molecular complexity index is 443. The van der Waals surface area contributed by atoms with Gasteiger partial charge in [0.25, 0.3) is 0 Å². The van der Waals surface area contributed by atoms with E-state index in [0.29, 0.717) is 0 Å². The molecule has 4 heteroatoms. The number of anilines is 1. The maximum Gasteiger partial charge on any atom is 0.0426 e. The molecule has 3 rings (SSSR count). The van der Waals surface area contributed by atoms with Crippen LogP contribution in [-0.2, 0) is 0 Å². The van der Waals surface area contributed by atoms with E-state index in [0.717, 1.165) is 49.7 Å². The lowest BCUT2D eigenvalue weighted by molar-refractivity contribution is 0.160. The van der Waals surface area contributed by atoms with Crippen molar-refractivity contribution < 1.29 is 0 Å². The molecule has 2 aliphatic rings. The molecule has 0 aliphatic carbocycles. The number of rotatable bonds is 3. The van der Waals surface area contributed by atoms with Crippen LogP contribution in [0.3, 0.4) is 0 Å². The molecule has 2 atom stereocenters. The first-order chi connectivity index (χ1) is 9.78. The normalized spacial score (nSPS) is 28.0. The Labute approximate surface area is 126 Å². The number of benzene rings is 1. The lowest BCUT2D eigenvalue weighted by atomic mass is 9.98. The highest BCUT2D eigenvalue weighted by molar-refractivity contribution is 6.30. The topological polar surface area (TPSA) is 18.5 Å². The molecule has 2 fully saturated rings. The van der Waals surface area contributed by atoms with Gasteiger partial charge in [0.2, 0.25) is 0 Å². The molecule has 0 saturated carbocycles. The molecule has 110 valence electrons. The highest BCUT2D eigenvalue weighted by atomic mass is 35.5. The second kappa shape index (κ2) is 6.33. The summed E-state index contributed by atoms with van der Waals surface area (Å²) in [5.41, 5.74) is 1.26.